The minimum Gasteiger partial charge on any atom is -0.457 e. The summed E-state index contributed by atoms with van der Waals surface area (Å²) < 4.78 is 14.3. The fourth-order valence-corrected chi connectivity index (χ4v) is 9.81. The summed E-state index contributed by atoms with van der Waals surface area (Å²) in [6.45, 7) is 4.63. The average molecular weight is 1080 g/mol. The first-order valence-corrected chi connectivity index (χ1v) is 26.5. The number of nitrogens with one attached hydrogen (secondary N) is 2. The van der Waals surface area contributed by atoms with Gasteiger partial charge in [0.25, 0.3) is 0 Å². The lowest BCUT2D eigenvalue weighted by molar-refractivity contribution is -0.147. The van der Waals surface area contributed by atoms with Gasteiger partial charge in [0.1, 0.15) is 29.4 Å². The molecular formula is C58H75Cl2N9O7. The van der Waals surface area contributed by atoms with Gasteiger partial charge >= 0.3 is 0 Å². The maximum atomic E-state index is 15.6. The molecule has 76 heavy (non-hydrogen) atoms. The third-order valence-electron chi connectivity index (χ3n) is 14.2. The van der Waals surface area contributed by atoms with Crippen molar-refractivity contribution in [2.24, 2.45) is 13.0 Å². The van der Waals surface area contributed by atoms with E-state index >= 15 is 9.59 Å². The Bertz CT molecular complexity index is 2740. The van der Waals surface area contributed by atoms with Gasteiger partial charge in [-0.15, -0.1) is 0 Å². The van der Waals surface area contributed by atoms with Gasteiger partial charge in [-0.3, -0.25) is 24.0 Å². The van der Waals surface area contributed by atoms with E-state index in [4.69, 9.17) is 32.7 Å². The molecule has 408 valence electrons. The van der Waals surface area contributed by atoms with Gasteiger partial charge < -0.3 is 49.2 Å². The molecule has 0 saturated carbocycles. The largest absolute Gasteiger partial charge is 0.457 e. The van der Waals surface area contributed by atoms with E-state index in [0.29, 0.717) is 46.6 Å². The molecule has 1 aromatic heterocycles. The molecule has 0 unspecified atom stereocenters. The maximum absolute atomic E-state index is 15.6. The van der Waals surface area contributed by atoms with E-state index in [-0.39, 0.29) is 57.1 Å². The summed E-state index contributed by atoms with van der Waals surface area (Å²) in [6, 6.07) is 25.4. The summed E-state index contributed by atoms with van der Waals surface area (Å²) in [5.74, 6) is -1.27. The van der Waals surface area contributed by atoms with Gasteiger partial charge in [0.2, 0.25) is 29.5 Å². The predicted octanol–water partition coefficient (Wildman–Crippen LogP) is 7.49. The topological polar surface area (TPSA) is 162 Å². The number of likely N-dealkylation sites (N-methyl/N-ethyl adjacent to an activating group) is 2. The molecule has 1 saturated heterocycles. The Hall–Kier alpha value is -6.30. The quantitative estimate of drug-likeness (QED) is 0.0955. The molecule has 2 N–H and O–H groups in total. The van der Waals surface area contributed by atoms with Crippen LogP contribution in [0.3, 0.4) is 0 Å². The second kappa shape index (κ2) is 27.7. The van der Waals surface area contributed by atoms with Crippen LogP contribution < -0.4 is 15.4 Å². The molecule has 0 radical (unpaired) electrons. The van der Waals surface area contributed by atoms with Gasteiger partial charge in [-0.2, -0.15) is 0 Å². The van der Waals surface area contributed by atoms with Crippen LogP contribution in [-0.4, -0.2) is 156 Å². The lowest BCUT2D eigenvalue weighted by atomic mass is 9.92. The maximum Gasteiger partial charge on any atom is 0.247 e. The number of aromatic nitrogens is 2. The van der Waals surface area contributed by atoms with E-state index in [1.807, 2.05) is 127 Å². The first-order valence-electron chi connectivity index (χ1n) is 25.8. The van der Waals surface area contributed by atoms with Crippen molar-refractivity contribution in [1.29, 1.82) is 0 Å². The third-order valence-corrected chi connectivity index (χ3v) is 14.7. The van der Waals surface area contributed by atoms with Crippen molar-refractivity contribution in [3.05, 3.63) is 136 Å². The van der Waals surface area contributed by atoms with Crippen molar-refractivity contribution < 1.29 is 33.4 Å². The summed E-state index contributed by atoms with van der Waals surface area (Å²) in [7, 11) is 14.6. The van der Waals surface area contributed by atoms with E-state index in [9.17, 15) is 14.4 Å². The highest BCUT2D eigenvalue weighted by Crippen LogP contribution is 2.33. The molecule has 6 rings (SSSR count). The summed E-state index contributed by atoms with van der Waals surface area (Å²) >= 11 is 12.9. The Morgan fingerprint density at radius 1 is 0.750 bits per heavy atom. The van der Waals surface area contributed by atoms with Crippen LogP contribution in [-0.2, 0) is 61.7 Å². The number of carbonyl (C=O) groups excluding carboxylic acids is 5. The number of imidazole rings is 1. The fourth-order valence-electron chi connectivity index (χ4n) is 9.52. The Labute approximate surface area is 458 Å². The van der Waals surface area contributed by atoms with Crippen molar-refractivity contribution >= 4 is 52.7 Å². The Kier molecular flexibility index (Phi) is 21.5. The van der Waals surface area contributed by atoms with Gasteiger partial charge in [0.15, 0.2) is 0 Å². The zero-order valence-corrected chi connectivity index (χ0v) is 47.1. The normalized spacial score (nSPS) is 20.7. The van der Waals surface area contributed by atoms with E-state index in [1.54, 1.807) is 49.3 Å². The predicted molar refractivity (Wildman–Crippen MR) is 298 cm³/mol. The van der Waals surface area contributed by atoms with Crippen LogP contribution in [0.2, 0.25) is 10.0 Å². The van der Waals surface area contributed by atoms with Gasteiger partial charge in [-0.05, 0) is 134 Å². The summed E-state index contributed by atoms with van der Waals surface area (Å²) in [6.07, 6.45) is 2.69. The van der Waals surface area contributed by atoms with Crippen molar-refractivity contribution in [2.75, 3.05) is 62.5 Å². The molecular weight excluding hydrogens is 1010 g/mol. The molecule has 0 spiro atoms. The molecule has 1 aliphatic heterocycles. The van der Waals surface area contributed by atoms with E-state index in [2.05, 4.69) is 25.1 Å². The minimum atomic E-state index is -1.21. The molecule has 1 fully saturated rings. The van der Waals surface area contributed by atoms with Crippen molar-refractivity contribution in [1.82, 2.24) is 44.7 Å². The Morgan fingerprint density at radius 2 is 1.42 bits per heavy atom. The molecule has 0 aliphatic carbocycles. The third kappa shape index (κ3) is 16.1. The number of ether oxygens (including phenoxy) is 2. The average Bonchev–Trinajstić information content (AvgIpc) is 3.74. The highest BCUT2D eigenvalue weighted by atomic mass is 35.5. The molecule has 5 amide bonds. The second-order valence-electron chi connectivity index (χ2n) is 20.5. The number of carbonyl (C=O) groups is 5. The number of rotatable bonds is 17. The lowest BCUT2D eigenvalue weighted by Crippen LogP contribution is -2.58. The summed E-state index contributed by atoms with van der Waals surface area (Å²) in [4.78, 5) is 88.0. The van der Waals surface area contributed by atoms with Crippen LogP contribution in [0.4, 0.5) is 0 Å². The zero-order valence-electron chi connectivity index (χ0n) is 45.6. The van der Waals surface area contributed by atoms with Crippen LogP contribution in [0.15, 0.2) is 103 Å². The summed E-state index contributed by atoms with van der Waals surface area (Å²) in [5, 5.41) is 7.00. The number of halogens is 2. The van der Waals surface area contributed by atoms with Crippen molar-refractivity contribution in [2.45, 2.75) is 95.7 Å². The van der Waals surface area contributed by atoms with Crippen LogP contribution >= 0.6 is 23.2 Å². The molecule has 4 aromatic carbocycles. The highest BCUT2D eigenvalue weighted by Gasteiger charge is 2.38. The molecule has 5 aromatic rings. The van der Waals surface area contributed by atoms with Crippen LogP contribution in [0.25, 0.3) is 11.3 Å². The molecule has 18 heteroatoms. The zero-order chi connectivity index (χ0) is 55.2. The lowest BCUT2D eigenvalue weighted by Gasteiger charge is -2.37. The van der Waals surface area contributed by atoms with Crippen molar-refractivity contribution in [3.8, 4) is 22.8 Å². The first kappa shape index (κ1) is 59.0. The van der Waals surface area contributed by atoms with Gasteiger partial charge in [-0.1, -0.05) is 71.7 Å². The van der Waals surface area contributed by atoms with Crippen LogP contribution in [0.1, 0.15) is 62.0 Å². The SMILES string of the molecule is COC[C@@H]1NC(=O)[C@H](CCCN(C)C)N(Cc2ccc(Cl)cc2Oc2ccc(-c3cnc(CN(C)C)n3C)cc2)C(=O)C[C@@H](Cc2ccccc2)C(=O)N(C)[C@@H](C)[C@H](C)NC(=O)C[C@H](Cc2ccc(Cl)cc2)N(C)C1=O. The number of benzene rings is 4. The van der Waals surface area contributed by atoms with E-state index < -0.39 is 53.8 Å². The molecule has 2 heterocycles. The van der Waals surface area contributed by atoms with Crippen LogP contribution in [0.5, 0.6) is 11.5 Å². The van der Waals surface area contributed by atoms with Gasteiger partial charge in [0.05, 0.1) is 37.5 Å². The van der Waals surface area contributed by atoms with E-state index in [1.165, 1.54) is 16.9 Å². The Morgan fingerprint density at radius 3 is 2.08 bits per heavy atom. The van der Waals surface area contributed by atoms with E-state index in [0.717, 1.165) is 28.2 Å². The highest BCUT2D eigenvalue weighted by molar-refractivity contribution is 6.31. The number of methoxy groups -OCH3 is 1. The number of hydrogen-bond acceptors (Lipinski definition) is 10. The standard InChI is InChI=1S/C58H75Cl2N9O7/c1-38-39(2)66(7)57(73)44(29-40-15-12-11-13-16-40)31-55(71)69(35-43-20-25-46(60)32-52(43)76-48-26-21-42(22-27-48)51-34-61-53(68(51)9)36-65(5)6)50(17-14-28-64(3)4)56(72)63-49(37-75-10)58(74)67(8)47(33-54(70)62-38)30-41-18-23-45(59)24-19-41/h11-13,15-16,18-27,32,34,38-39,44,47,49-50H,14,17,28-31,33,35-37H2,1-10H3,(H,62,70)(H,63,72)/t38-,39-,44+,47-,49-,50-/m0/s1. The van der Waals surface area contributed by atoms with Crippen LogP contribution in [0, 0.1) is 5.92 Å². The van der Waals surface area contributed by atoms with Crippen molar-refractivity contribution in [3.63, 3.8) is 0 Å². The minimum absolute atomic E-state index is 0.0861. The fraction of sp³-hybridized carbons (Fsp3) is 0.448. The molecule has 0 bridgehead atoms. The smallest absolute Gasteiger partial charge is 0.247 e. The van der Waals surface area contributed by atoms with Gasteiger partial charge in [-0.25, -0.2) is 4.98 Å². The number of amides is 5. The Balaban J connectivity index is 1.44. The molecule has 16 nitrogen and oxygen atoms in total. The second-order valence-corrected chi connectivity index (χ2v) is 21.4. The number of nitrogens with zero attached hydrogens (tertiary/aromatic N) is 7. The van der Waals surface area contributed by atoms with Gasteiger partial charge in [0, 0.05) is 80.4 Å². The summed E-state index contributed by atoms with van der Waals surface area (Å²) in [5.41, 5.74) is 4.10. The monoisotopic (exact) mass is 1080 g/mol. The molecule has 1 aliphatic rings. The first-order chi connectivity index (χ1) is 36.2. The number of hydrogen-bond donors (Lipinski definition) is 2. The molecule has 6 atom stereocenters.